The second-order valence-electron chi connectivity index (χ2n) is 11.8. The summed E-state index contributed by atoms with van der Waals surface area (Å²) in [7, 11) is 8.79. The monoisotopic (exact) mass is 813 g/mol. The predicted octanol–water partition coefficient (Wildman–Crippen LogP) is 3.51. The van der Waals surface area contributed by atoms with Crippen LogP contribution in [0.15, 0.2) is 54.6 Å². The quantitative estimate of drug-likeness (QED) is 0.0808. The lowest BCUT2D eigenvalue weighted by molar-refractivity contribution is 0.0404. The Bertz CT molecular complexity index is 2230. The summed E-state index contributed by atoms with van der Waals surface area (Å²) >= 11 is -4.21. The zero-order valence-electron chi connectivity index (χ0n) is 31.7. The van der Waals surface area contributed by atoms with Gasteiger partial charge in [0.05, 0.1) is 59.7 Å². The summed E-state index contributed by atoms with van der Waals surface area (Å²) in [4.78, 5) is 40.9. The SMILES string of the molecule is COc1ccc(-c2n[nH]c(C(=O)[O][Al]([O]C(=O)c3[nH]nc(-c4ccc(OC)c(OC)c4)c3N)[O]C(=O)c3[nH]nc(-c4ccc(OC)c(OC)c4)c3N)c2N)cc1OC. The van der Waals surface area contributed by atoms with Crippen molar-refractivity contribution >= 4 is 50.1 Å². The number of carbonyl (C=O) groups excluding carboxylic acids is 3. The molecule has 0 bridgehead atoms. The lowest BCUT2D eigenvalue weighted by atomic mass is 10.1. The molecule has 6 aromatic rings. The number of nitrogens with two attached hydrogens (primary N) is 3. The summed E-state index contributed by atoms with van der Waals surface area (Å²) in [6.07, 6.45) is 0. The number of hydrogen-bond donors (Lipinski definition) is 6. The molecule has 9 N–H and O–H groups in total. The van der Waals surface area contributed by atoms with Crippen LogP contribution in [0.25, 0.3) is 33.8 Å². The van der Waals surface area contributed by atoms with E-state index in [1.165, 1.54) is 42.7 Å². The van der Waals surface area contributed by atoms with Gasteiger partial charge in [0.1, 0.15) is 17.1 Å². The maximum absolute atomic E-state index is 13.6. The Morgan fingerprint density at radius 1 is 0.448 bits per heavy atom. The van der Waals surface area contributed by atoms with Gasteiger partial charge in [-0.05, 0) is 54.6 Å². The normalized spacial score (nSPS) is 10.7. The third-order valence-corrected chi connectivity index (χ3v) is 9.82. The lowest BCUT2D eigenvalue weighted by Crippen LogP contribution is -2.35. The van der Waals surface area contributed by atoms with Crippen LogP contribution in [0.5, 0.6) is 34.5 Å². The molecular weight excluding hydrogens is 777 g/mol. The summed E-state index contributed by atoms with van der Waals surface area (Å²) in [6.45, 7) is 0. The average molecular weight is 814 g/mol. The van der Waals surface area contributed by atoms with Gasteiger partial charge in [0.2, 0.25) is 0 Å². The van der Waals surface area contributed by atoms with E-state index in [1.807, 2.05) is 0 Å². The molecule has 0 aliphatic heterocycles. The van der Waals surface area contributed by atoms with Crippen molar-refractivity contribution in [2.75, 3.05) is 59.9 Å². The number of benzene rings is 3. The molecule has 0 atom stereocenters. The Balaban J connectivity index is 1.30. The van der Waals surface area contributed by atoms with Gasteiger partial charge < -0.3 is 57.0 Å². The van der Waals surface area contributed by atoms with Crippen LogP contribution < -0.4 is 45.6 Å². The molecule has 6 rings (SSSR count). The number of nitrogens with one attached hydrogen (secondary N) is 3. The van der Waals surface area contributed by atoms with Gasteiger partial charge >= 0.3 is 33.1 Å². The van der Waals surface area contributed by atoms with E-state index in [4.69, 9.17) is 57.0 Å². The van der Waals surface area contributed by atoms with E-state index in [1.54, 1.807) is 54.6 Å². The van der Waals surface area contributed by atoms with Crippen LogP contribution >= 0.6 is 0 Å². The largest absolute Gasteiger partial charge is 1.20 e. The van der Waals surface area contributed by atoms with Gasteiger partial charge in [-0.25, -0.2) is 14.4 Å². The number of anilines is 3. The minimum Gasteiger partial charge on any atom is -0.546 e. The Morgan fingerprint density at radius 2 is 0.707 bits per heavy atom. The van der Waals surface area contributed by atoms with E-state index in [0.717, 1.165) is 0 Å². The summed E-state index contributed by atoms with van der Waals surface area (Å²) in [5, 5.41) is 20.0. The van der Waals surface area contributed by atoms with Crippen LogP contribution in [0.1, 0.15) is 31.5 Å². The fraction of sp³-hybridized carbons (Fsp3) is 0.167. The number of aromatic amines is 3. The minimum absolute atomic E-state index is 0.141. The molecule has 0 fully saturated rings. The zero-order valence-corrected chi connectivity index (χ0v) is 32.9. The molecule has 21 nitrogen and oxygen atoms in total. The molecule has 3 aromatic heterocycles. The maximum atomic E-state index is 13.6. The Morgan fingerprint density at radius 3 is 0.948 bits per heavy atom. The molecule has 0 radical (unpaired) electrons. The minimum atomic E-state index is -4.21. The average Bonchev–Trinajstić information content (AvgIpc) is 3.95. The molecule has 58 heavy (non-hydrogen) atoms. The smallest absolute Gasteiger partial charge is 0.546 e. The van der Waals surface area contributed by atoms with Crippen molar-refractivity contribution in [1.29, 1.82) is 0 Å². The van der Waals surface area contributed by atoms with Crippen molar-refractivity contribution in [2.45, 2.75) is 0 Å². The summed E-state index contributed by atoms with van der Waals surface area (Å²) in [5.41, 5.74) is 19.4. The van der Waals surface area contributed by atoms with Gasteiger partial charge in [0, 0.05) is 16.7 Å². The van der Waals surface area contributed by atoms with Gasteiger partial charge in [0.25, 0.3) is 0 Å². The highest BCUT2D eigenvalue weighted by Gasteiger charge is 2.51. The third-order valence-electron chi connectivity index (χ3n) is 8.60. The van der Waals surface area contributed by atoms with Crippen molar-refractivity contribution < 1.29 is 54.2 Å². The molecule has 0 spiro atoms. The highest BCUT2D eigenvalue weighted by Crippen LogP contribution is 2.37. The van der Waals surface area contributed by atoms with Crippen LogP contribution in [-0.4, -0.2) is 106 Å². The number of nitrogen functional groups attached to an aromatic ring is 3. The fourth-order valence-electron chi connectivity index (χ4n) is 5.64. The van der Waals surface area contributed by atoms with Crippen molar-refractivity contribution in [3.05, 3.63) is 71.7 Å². The molecule has 0 saturated carbocycles. The van der Waals surface area contributed by atoms with E-state index in [0.29, 0.717) is 51.2 Å². The van der Waals surface area contributed by atoms with Gasteiger partial charge in [-0.15, -0.1) is 0 Å². The molecule has 0 amide bonds. The second kappa shape index (κ2) is 17.1. The number of aromatic nitrogens is 6. The molecule has 0 aliphatic carbocycles. The molecule has 300 valence electrons. The van der Waals surface area contributed by atoms with Crippen LogP contribution in [0.3, 0.4) is 0 Å². The predicted molar refractivity (Wildman–Crippen MR) is 207 cm³/mol. The zero-order chi connectivity index (χ0) is 41.7. The van der Waals surface area contributed by atoms with Crippen LogP contribution in [0.2, 0.25) is 0 Å². The number of H-pyrrole nitrogens is 3. The van der Waals surface area contributed by atoms with E-state index >= 15 is 0 Å². The van der Waals surface area contributed by atoms with Gasteiger partial charge in [0.15, 0.2) is 51.6 Å². The fourth-order valence-corrected chi connectivity index (χ4v) is 6.66. The number of hydrogen-bond acceptors (Lipinski definition) is 18. The first-order chi connectivity index (χ1) is 28.0. The van der Waals surface area contributed by atoms with Gasteiger partial charge in [-0.1, -0.05) is 0 Å². The first kappa shape index (κ1) is 40.1. The van der Waals surface area contributed by atoms with Crippen molar-refractivity contribution in [1.82, 2.24) is 30.6 Å². The number of methoxy groups -OCH3 is 6. The Labute approximate surface area is 333 Å². The van der Waals surface area contributed by atoms with Crippen LogP contribution in [0.4, 0.5) is 17.1 Å². The molecule has 3 heterocycles. The van der Waals surface area contributed by atoms with E-state index < -0.39 is 33.1 Å². The standard InChI is InChI=1S/3C12H13N3O4.Al/c3*1-18-7-4-3-6(5-8(7)19-2)10-9(13)11(12(16)17)15-14-10;/h3*3-5H,13H2,1-2H3,(H,14,15)(H,16,17);/q;;;+3/p-3. The molecule has 22 heteroatoms. The van der Waals surface area contributed by atoms with Gasteiger partial charge in [-0.2, -0.15) is 15.3 Å². The molecule has 0 aliphatic rings. The van der Waals surface area contributed by atoms with Crippen molar-refractivity contribution in [2.24, 2.45) is 0 Å². The topological polar surface area (TPSA) is 298 Å². The molecule has 3 aromatic carbocycles. The number of carbonyl (C=O) groups is 3. The Kier molecular flexibility index (Phi) is 11.8. The first-order valence-corrected chi connectivity index (χ1v) is 18.2. The molecule has 0 saturated heterocycles. The summed E-state index contributed by atoms with van der Waals surface area (Å²) in [5.74, 6) is -1.09. The van der Waals surface area contributed by atoms with Crippen LogP contribution in [-0.2, 0) is 11.4 Å². The van der Waals surface area contributed by atoms with E-state index in [9.17, 15) is 14.4 Å². The molecule has 0 unspecified atom stereocenters. The number of nitrogens with zero attached hydrogens (tertiary/aromatic N) is 3. The first-order valence-electron chi connectivity index (χ1n) is 16.8. The van der Waals surface area contributed by atoms with Gasteiger partial charge in [-0.3, -0.25) is 15.3 Å². The van der Waals surface area contributed by atoms with Crippen molar-refractivity contribution in [3.8, 4) is 68.3 Å². The van der Waals surface area contributed by atoms with E-state index in [-0.39, 0.29) is 51.2 Å². The van der Waals surface area contributed by atoms with Crippen molar-refractivity contribution in [3.63, 3.8) is 0 Å². The van der Waals surface area contributed by atoms with E-state index in [2.05, 4.69) is 30.6 Å². The number of rotatable bonds is 15. The molecular formula is C36H36AlN9O12. The highest BCUT2D eigenvalue weighted by atomic mass is 27.3. The third kappa shape index (κ3) is 7.77. The maximum Gasteiger partial charge on any atom is 1.20 e. The summed E-state index contributed by atoms with van der Waals surface area (Å²) in [6, 6.07) is 14.6. The Hall–Kier alpha value is -7.57. The number of ether oxygens (including phenoxy) is 6. The highest BCUT2D eigenvalue weighted by molar-refractivity contribution is 6.46. The lowest BCUT2D eigenvalue weighted by Gasteiger charge is -2.13. The van der Waals surface area contributed by atoms with Crippen LogP contribution in [0, 0.1) is 0 Å². The second-order valence-corrected chi connectivity index (χ2v) is 13.1. The summed E-state index contributed by atoms with van der Waals surface area (Å²) < 4.78 is 48.5.